The SMILES string of the molecule is CC1=CC=[C-]C1.Cl.Cl.[CH3-].[Cr+3].[c-]1cccc2cccnc12. The van der Waals surface area contributed by atoms with Gasteiger partial charge in [-0.3, -0.25) is 11.1 Å². The van der Waals surface area contributed by atoms with Crippen LogP contribution in [0.1, 0.15) is 13.3 Å². The number of rotatable bonds is 0. The molecule has 2 aromatic rings. The van der Waals surface area contributed by atoms with Crippen molar-refractivity contribution in [3.8, 4) is 0 Å². The molecule has 3 rings (SSSR count). The van der Waals surface area contributed by atoms with Crippen molar-refractivity contribution in [2.75, 3.05) is 0 Å². The summed E-state index contributed by atoms with van der Waals surface area (Å²) in [6.45, 7) is 2.11. The third kappa shape index (κ3) is 7.72. The molecule has 0 unspecified atom stereocenters. The molecule has 0 aliphatic heterocycles. The average Bonchev–Trinajstić information content (AvgIpc) is 2.81. The Kier molecular flexibility index (Phi) is 16.0. The summed E-state index contributed by atoms with van der Waals surface area (Å²) in [6.07, 6.45) is 9.92. The van der Waals surface area contributed by atoms with E-state index in [1.807, 2.05) is 36.4 Å². The molecular formula is C16H18Cl2CrN. The van der Waals surface area contributed by atoms with Gasteiger partial charge in [-0.2, -0.15) is 29.8 Å². The van der Waals surface area contributed by atoms with Crippen molar-refractivity contribution >= 4 is 35.7 Å². The minimum atomic E-state index is 0. The quantitative estimate of drug-likeness (QED) is 0.610. The molecule has 0 fully saturated rings. The number of allylic oxidation sites excluding steroid dienone is 4. The van der Waals surface area contributed by atoms with Crippen molar-refractivity contribution in [2.45, 2.75) is 13.3 Å². The molecule has 1 aliphatic carbocycles. The number of para-hydroxylation sites is 1. The summed E-state index contributed by atoms with van der Waals surface area (Å²) < 4.78 is 0. The van der Waals surface area contributed by atoms with Gasteiger partial charge in [0, 0.05) is 6.20 Å². The first kappa shape index (κ1) is 24.3. The number of pyridine rings is 1. The van der Waals surface area contributed by atoms with Crippen LogP contribution in [0.3, 0.4) is 0 Å². The number of benzene rings is 1. The largest absolute Gasteiger partial charge is 3.00 e. The van der Waals surface area contributed by atoms with Gasteiger partial charge >= 0.3 is 17.4 Å². The van der Waals surface area contributed by atoms with Crippen LogP contribution in [0, 0.1) is 19.6 Å². The molecule has 4 heteroatoms. The first-order valence-corrected chi connectivity index (χ1v) is 5.30. The Morgan fingerprint density at radius 3 is 2.35 bits per heavy atom. The van der Waals surface area contributed by atoms with Crippen LogP contribution >= 0.6 is 24.8 Å². The molecule has 1 aliphatic rings. The smallest absolute Gasteiger partial charge is 0.358 e. The molecule has 1 radical (unpaired) electrons. The Balaban J connectivity index is -0.000000260. The minimum Gasteiger partial charge on any atom is -0.358 e. The maximum absolute atomic E-state index is 4.13. The summed E-state index contributed by atoms with van der Waals surface area (Å²) in [5.74, 6) is 0. The molecule has 0 saturated carbocycles. The zero-order chi connectivity index (χ0) is 11.2. The van der Waals surface area contributed by atoms with Crippen LogP contribution in [0.2, 0.25) is 0 Å². The Labute approximate surface area is 145 Å². The zero-order valence-corrected chi connectivity index (χ0v) is 14.4. The van der Waals surface area contributed by atoms with Gasteiger partial charge in [-0.1, -0.05) is 13.0 Å². The van der Waals surface area contributed by atoms with Gasteiger partial charge in [-0.25, -0.2) is 12.2 Å². The van der Waals surface area contributed by atoms with Crippen molar-refractivity contribution in [3.05, 3.63) is 73.8 Å². The second-order valence-electron chi connectivity index (χ2n) is 3.67. The van der Waals surface area contributed by atoms with E-state index in [2.05, 4.69) is 30.1 Å². The Morgan fingerprint density at radius 1 is 1.15 bits per heavy atom. The van der Waals surface area contributed by atoms with Crippen LogP contribution in [0.15, 0.2) is 54.3 Å². The molecule has 0 bridgehead atoms. The predicted molar refractivity (Wildman–Crippen MR) is 87.7 cm³/mol. The van der Waals surface area contributed by atoms with Crippen LogP contribution in [0.4, 0.5) is 0 Å². The van der Waals surface area contributed by atoms with Crippen molar-refractivity contribution in [1.82, 2.24) is 4.98 Å². The van der Waals surface area contributed by atoms with E-state index < -0.39 is 0 Å². The molecule has 0 spiro atoms. The molecule has 0 atom stereocenters. The van der Waals surface area contributed by atoms with Gasteiger partial charge in [0.05, 0.1) is 0 Å². The molecule has 20 heavy (non-hydrogen) atoms. The Bertz CT molecular complexity index is 473. The number of fused-ring (bicyclic) bond motifs is 1. The van der Waals surface area contributed by atoms with E-state index in [1.165, 1.54) is 5.57 Å². The fourth-order valence-corrected chi connectivity index (χ4v) is 1.43. The summed E-state index contributed by atoms with van der Waals surface area (Å²) >= 11 is 0. The van der Waals surface area contributed by atoms with Crippen molar-refractivity contribution in [3.63, 3.8) is 0 Å². The maximum Gasteiger partial charge on any atom is 3.00 e. The molecule has 1 aromatic heterocycles. The van der Waals surface area contributed by atoms with Crippen LogP contribution in [-0.4, -0.2) is 4.98 Å². The van der Waals surface area contributed by atoms with Crippen LogP contribution < -0.4 is 0 Å². The topological polar surface area (TPSA) is 12.9 Å². The molecule has 1 aromatic carbocycles. The van der Waals surface area contributed by atoms with E-state index in [4.69, 9.17) is 0 Å². The minimum absolute atomic E-state index is 0. The van der Waals surface area contributed by atoms with Crippen molar-refractivity contribution < 1.29 is 17.4 Å². The van der Waals surface area contributed by atoms with E-state index in [0.29, 0.717) is 0 Å². The third-order valence-corrected chi connectivity index (χ3v) is 2.30. The fourth-order valence-electron chi connectivity index (χ4n) is 1.43. The summed E-state index contributed by atoms with van der Waals surface area (Å²) in [7, 11) is 0. The van der Waals surface area contributed by atoms with Gasteiger partial charge in [-0.15, -0.1) is 42.7 Å². The Hall–Kier alpha value is -0.778. The van der Waals surface area contributed by atoms with E-state index in [1.54, 1.807) is 6.20 Å². The third-order valence-electron chi connectivity index (χ3n) is 2.30. The second-order valence-corrected chi connectivity index (χ2v) is 3.67. The van der Waals surface area contributed by atoms with Gasteiger partial charge in [0.1, 0.15) is 0 Å². The van der Waals surface area contributed by atoms with Crippen molar-refractivity contribution in [2.24, 2.45) is 0 Å². The summed E-state index contributed by atoms with van der Waals surface area (Å²) in [4.78, 5) is 4.13. The van der Waals surface area contributed by atoms with Crippen LogP contribution in [0.25, 0.3) is 10.9 Å². The zero-order valence-electron chi connectivity index (χ0n) is 11.5. The number of hydrogen-bond acceptors (Lipinski definition) is 1. The fraction of sp³-hybridized carbons (Fsp3) is 0.125. The molecular weight excluding hydrogens is 329 g/mol. The molecule has 107 valence electrons. The summed E-state index contributed by atoms with van der Waals surface area (Å²) in [5.41, 5.74) is 2.35. The van der Waals surface area contributed by atoms with Crippen LogP contribution in [0.5, 0.6) is 0 Å². The predicted octanol–water partition coefficient (Wildman–Crippen LogP) is 5.02. The van der Waals surface area contributed by atoms with E-state index in [9.17, 15) is 0 Å². The maximum atomic E-state index is 4.13. The van der Waals surface area contributed by atoms with Gasteiger partial charge in [0.25, 0.3) is 0 Å². The van der Waals surface area contributed by atoms with Crippen LogP contribution in [-0.2, 0) is 17.4 Å². The van der Waals surface area contributed by atoms with E-state index in [-0.39, 0.29) is 49.6 Å². The normalized spacial score (nSPS) is 10.6. The van der Waals surface area contributed by atoms with E-state index in [0.717, 1.165) is 17.3 Å². The molecule has 0 amide bonds. The average molecular weight is 347 g/mol. The molecule has 1 nitrogen and oxygen atoms in total. The summed E-state index contributed by atoms with van der Waals surface area (Å²) in [6, 6.07) is 12.9. The van der Waals surface area contributed by atoms with Gasteiger partial charge < -0.3 is 7.43 Å². The first-order chi connectivity index (χ1) is 7.86. The molecule has 0 saturated heterocycles. The van der Waals surface area contributed by atoms with Gasteiger partial charge in [0.2, 0.25) is 0 Å². The number of aromatic nitrogens is 1. The second kappa shape index (κ2) is 13.2. The number of nitrogens with zero attached hydrogens (tertiary/aromatic N) is 1. The Morgan fingerprint density at radius 2 is 1.85 bits per heavy atom. The molecule has 0 N–H and O–H groups in total. The van der Waals surface area contributed by atoms with Crippen molar-refractivity contribution in [1.29, 1.82) is 0 Å². The van der Waals surface area contributed by atoms with Gasteiger partial charge in [0.15, 0.2) is 0 Å². The van der Waals surface area contributed by atoms with Gasteiger partial charge in [-0.05, 0) is 5.52 Å². The standard InChI is InChI=1S/C9H6N.C6H7.CH3.2ClH.Cr/c1-2-6-9-8(4-1)5-3-7-10-9;1-6-4-2-3-5-6;;;;/h1-5,7H;2,4H,5H2,1H3;1H3;2*1H;/q3*-1;;;+3. The molecule has 1 heterocycles. The summed E-state index contributed by atoms with van der Waals surface area (Å²) in [5, 5.41) is 1.14. The first-order valence-electron chi connectivity index (χ1n) is 5.30. The number of halogens is 2. The number of hydrogen-bond donors (Lipinski definition) is 0. The monoisotopic (exact) mass is 346 g/mol. The van der Waals surface area contributed by atoms with E-state index >= 15 is 0 Å².